The van der Waals surface area contributed by atoms with Gasteiger partial charge in [-0.05, 0) is 48.0 Å². The van der Waals surface area contributed by atoms with Gasteiger partial charge in [0.2, 0.25) is 0 Å². The van der Waals surface area contributed by atoms with Crippen molar-refractivity contribution in [2.24, 2.45) is 0 Å². The molecule has 230 valence electrons. The molecule has 0 unspecified atom stereocenters. The summed E-state index contributed by atoms with van der Waals surface area (Å²) in [4.78, 5) is 0. The molecular weight excluding hydrogens is 599 g/mol. The molecule has 49 heavy (non-hydrogen) atoms. The van der Waals surface area contributed by atoms with Crippen molar-refractivity contribution in [3.63, 3.8) is 0 Å². The molecule has 0 saturated carbocycles. The van der Waals surface area contributed by atoms with Crippen LogP contribution in [0.1, 0.15) is 0 Å². The molecule has 3 heterocycles. The second kappa shape index (κ2) is 11.0. The Morgan fingerprint density at radius 1 is 0.367 bits per heavy atom. The maximum atomic E-state index is 6.27. The Morgan fingerprint density at radius 2 is 0.755 bits per heavy atom. The van der Waals surface area contributed by atoms with Crippen LogP contribution in [0.5, 0.6) is 0 Å². The summed E-state index contributed by atoms with van der Waals surface area (Å²) in [6.45, 7) is 0. The molecule has 10 rings (SSSR count). The van der Waals surface area contributed by atoms with Gasteiger partial charge in [-0.2, -0.15) is 0 Å². The van der Waals surface area contributed by atoms with Crippen molar-refractivity contribution in [1.82, 2.24) is 14.3 Å². The minimum Gasteiger partial charge on any atom is -0.355 e. The Balaban J connectivity index is 1.35. The fourth-order valence-corrected chi connectivity index (χ4v) is 7.54. The zero-order chi connectivity index (χ0) is 32.3. The van der Waals surface area contributed by atoms with Crippen molar-refractivity contribution in [2.75, 3.05) is 0 Å². The average Bonchev–Trinajstić information content (AvgIpc) is 3.86. The van der Waals surface area contributed by atoms with Gasteiger partial charge in [0.15, 0.2) is 5.76 Å². The average molecular weight is 628 g/mol. The Hall–Kier alpha value is -6.65. The zero-order valence-electron chi connectivity index (χ0n) is 26.5. The van der Waals surface area contributed by atoms with Crippen LogP contribution >= 0.6 is 0 Å². The molecule has 10 aromatic rings. The molecule has 4 nitrogen and oxygen atoms in total. The summed E-state index contributed by atoms with van der Waals surface area (Å²) in [6, 6.07) is 62.2. The predicted molar refractivity (Wildman–Crippen MR) is 201 cm³/mol. The third kappa shape index (κ3) is 4.28. The molecule has 0 bridgehead atoms. The number of nitrogens with zero attached hydrogens (tertiary/aromatic N) is 3. The lowest BCUT2D eigenvalue weighted by atomic mass is 9.95. The van der Waals surface area contributed by atoms with Crippen LogP contribution in [0.25, 0.3) is 88.7 Å². The van der Waals surface area contributed by atoms with Gasteiger partial charge in [0.25, 0.3) is 0 Å². The van der Waals surface area contributed by atoms with Crippen LogP contribution in [-0.4, -0.2) is 14.3 Å². The van der Waals surface area contributed by atoms with E-state index in [1.54, 1.807) is 0 Å². The van der Waals surface area contributed by atoms with Gasteiger partial charge in [0, 0.05) is 44.0 Å². The van der Waals surface area contributed by atoms with Crippen LogP contribution in [0, 0.1) is 0 Å². The molecule has 0 atom stereocenters. The fourth-order valence-electron chi connectivity index (χ4n) is 7.54. The first kappa shape index (κ1) is 27.5. The molecular formula is C45H29N3O. The van der Waals surface area contributed by atoms with Gasteiger partial charge in [-0.3, -0.25) is 0 Å². The van der Waals surface area contributed by atoms with Crippen LogP contribution in [0.2, 0.25) is 0 Å². The molecule has 4 heteroatoms. The van der Waals surface area contributed by atoms with Crippen molar-refractivity contribution in [1.29, 1.82) is 0 Å². The second-order valence-corrected chi connectivity index (χ2v) is 12.4. The molecule has 3 aromatic heterocycles. The van der Waals surface area contributed by atoms with Crippen LogP contribution < -0.4 is 0 Å². The maximum absolute atomic E-state index is 6.27. The number of hydrogen-bond acceptors (Lipinski definition) is 2. The van der Waals surface area contributed by atoms with Crippen molar-refractivity contribution >= 4 is 43.6 Å². The SMILES string of the molecule is c1ccc(-c2noc(-c3ccccc3)c2-c2cc(-n3c4ccccc4c4ccccc43)cc(-n3c4ccccc4c4ccccc43)c2)cc1. The van der Waals surface area contributed by atoms with Crippen LogP contribution in [0.15, 0.2) is 180 Å². The Morgan fingerprint density at radius 3 is 1.20 bits per heavy atom. The van der Waals surface area contributed by atoms with E-state index >= 15 is 0 Å². The smallest absolute Gasteiger partial charge is 0.175 e. The van der Waals surface area contributed by atoms with Gasteiger partial charge in [-0.15, -0.1) is 0 Å². The lowest BCUT2D eigenvalue weighted by Crippen LogP contribution is -2.00. The summed E-state index contributed by atoms with van der Waals surface area (Å²) in [5.41, 5.74) is 11.5. The molecule has 0 radical (unpaired) electrons. The number of benzene rings is 7. The van der Waals surface area contributed by atoms with Crippen molar-refractivity contribution in [3.05, 3.63) is 176 Å². The summed E-state index contributed by atoms with van der Waals surface area (Å²) in [5.74, 6) is 0.743. The summed E-state index contributed by atoms with van der Waals surface area (Å²) < 4.78 is 11.1. The van der Waals surface area contributed by atoms with E-state index in [-0.39, 0.29) is 0 Å². The lowest BCUT2D eigenvalue weighted by molar-refractivity contribution is 0.435. The summed E-state index contributed by atoms with van der Waals surface area (Å²) >= 11 is 0. The number of para-hydroxylation sites is 4. The van der Waals surface area contributed by atoms with Crippen molar-refractivity contribution in [2.45, 2.75) is 0 Å². The standard InChI is InChI=1S/C45H29N3O/c1-3-15-30(16-4-1)44-43(45(49-46-44)31-17-5-2-6-18-31)32-27-33(47-39-23-11-7-19-35(39)36-20-8-12-24-40(36)47)29-34(28-32)48-41-25-13-9-21-37(41)38-22-10-14-26-42(38)48/h1-29H. The summed E-state index contributed by atoms with van der Waals surface area (Å²) in [6.07, 6.45) is 0. The molecule has 0 saturated heterocycles. The molecule has 0 spiro atoms. The zero-order valence-corrected chi connectivity index (χ0v) is 26.5. The van der Waals surface area contributed by atoms with E-state index in [0.717, 1.165) is 67.1 Å². The van der Waals surface area contributed by atoms with E-state index in [4.69, 9.17) is 9.68 Å². The van der Waals surface area contributed by atoms with Gasteiger partial charge >= 0.3 is 0 Å². The third-order valence-corrected chi connectivity index (χ3v) is 9.64. The van der Waals surface area contributed by atoms with Gasteiger partial charge in [0.1, 0.15) is 5.69 Å². The van der Waals surface area contributed by atoms with Crippen molar-refractivity contribution in [3.8, 4) is 45.1 Å². The highest BCUT2D eigenvalue weighted by atomic mass is 16.5. The van der Waals surface area contributed by atoms with E-state index in [9.17, 15) is 0 Å². The van der Waals surface area contributed by atoms with Crippen LogP contribution in [-0.2, 0) is 0 Å². The number of aromatic nitrogens is 3. The molecule has 0 N–H and O–H groups in total. The van der Waals surface area contributed by atoms with E-state index < -0.39 is 0 Å². The fraction of sp³-hybridized carbons (Fsp3) is 0. The van der Waals surface area contributed by atoms with Gasteiger partial charge in [-0.1, -0.05) is 139 Å². The lowest BCUT2D eigenvalue weighted by Gasteiger charge is -2.16. The van der Waals surface area contributed by atoms with E-state index in [2.05, 4.69) is 149 Å². The maximum Gasteiger partial charge on any atom is 0.175 e. The highest BCUT2D eigenvalue weighted by Gasteiger charge is 2.24. The predicted octanol–water partition coefficient (Wildman–Crippen LogP) is 11.9. The topological polar surface area (TPSA) is 35.9 Å². The number of fused-ring (bicyclic) bond motifs is 6. The molecule has 0 amide bonds. The van der Waals surface area contributed by atoms with Gasteiger partial charge < -0.3 is 13.7 Å². The molecule has 0 aliphatic carbocycles. The Kier molecular flexibility index (Phi) is 6.15. The quantitative estimate of drug-likeness (QED) is 0.190. The van der Waals surface area contributed by atoms with E-state index in [1.807, 2.05) is 36.4 Å². The van der Waals surface area contributed by atoms with Crippen LogP contribution in [0.3, 0.4) is 0 Å². The summed E-state index contributed by atoms with van der Waals surface area (Å²) in [5, 5.41) is 9.63. The highest BCUT2D eigenvalue weighted by Crippen LogP contribution is 2.43. The minimum absolute atomic E-state index is 0.743. The summed E-state index contributed by atoms with van der Waals surface area (Å²) in [7, 11) is 0. The van der Waals surface area contributed by atoms with Gasteiger partial charge in [-0.25, -0.2) is 0 Å². The molecule has 7 aromatic carbocycles. The number of rotatable bonds is 5. The Labute approximate surface area is 282 Å². The first-order chi connectivity index (χ1) is 24.3. The largest absolute Gasteiger partial charge is 0.355 e. The highest BCUT2D eigenvalue weighted by molar-refractivity contribution is 6.11. The normalized spacial score (nSPS) is 11.7. The molecule has 0 fully saturated rings. The molecule has 0 aliphatic heterocycles. The third-order valence-electron chi connectivity index (χ3n) is 9.64. The number of hydrogen-bond donors (Lipinski definition) is 0. The first-order valence-electron chi connectivity index (χ1n) is 16.6. The minimum atomic E-state index is 0.743. The first-order valence-corrected chi connectivity index (χ1v) is 16.6. The Bertz CT molecular complexity index is 2530. The van der Waals surface area contributed by atoms with E-state index in [0.29, 0.717) is 0 Å². The molecule has 0 aliphatic rings. The van der Waals surface area contributed by atoms with Gasteiger partial charge in [0.05, 0.1) is 27.6 Å². The second-order valence-electron chi connectivity index (χ2n) is 12.4. The van der Waals surface area contributed by atoms with E-state index in [1.165, 1.54) is 21.5 Å². The van der Waals surface area contributed by atoms with Crippen LogP contribution in [0.4, 0.5) is 0 Å². The van der Waals surface area contributed by atoms with Crippen molar-refractivity contribution < 1.29 is 4.52 Å². The monoisotopic (exact) mass is 627 g/mol.